The van der Waals surface area contributed by atoms with Gasteiger partial charge in [-0.1, -0.05) is 40.9 Å². The Balaban J connectivity index is 2.13. The van der Waals surface area contributed by atoms with Crippen LogP contribution in [0.2, 0.25) is 15.1 Å². The molecule has 2 aromatic carbocycles. The SMILES string of the molecule is FC(F)(F)c1ccc(NCc2ccc(Cl)cc2Cl)c(Cl)c1. The summed E-state index contributed by atoms with van der Waals surface area (Å²) in [7, 11) is 0. The topological polar surface area (TPSA) is 12.0 Å². The minimum Gasteiger partial charge on any atom is -0.380 e. The average Bonchev–Trinajstić information content (AvgIpc) is 2.38. The summed E-state index contributed by atoms with van der Waals surface area (Å²) in [6.07, 6.45) is -4.42. The van der Waals surface area contributed by atoms with E-state index >= 15 is 0 Å². The van der Waals surface area contributed by atoms with Crippen LogP contribution < -0.4 is 5.32 Å². The van der Waals surface area contributed by atoms with Crippen molar-refractivity contribution >= 4 is 40.5 Å². The number of nitrogens with one attached hydrogen (secondary N) is 1. The summed E-state index contributed by atoms with van der Waals surface area (Å²) < 4.78 is 37.6. The van der Waals surface area contributed by atoms with Crippen LogP contribution in [0.5, 0.6) is 0 Å². The standard InChI is InChI=1S/C14H9Cl3F3N/c15-10-3-1-8(11(16)6-10)7-21-13-4-2-9(5-12(13)17)14(18,19)20/h1-6,21H,7H2. The maximum absolute atomic E-state index is 12.5. The van der Waals surface area contributed by atoms with E-state index in [0.29, 0.717) is 22.3 Å². The van der Waals surface area contributed by atoms with Crippen molar-refractivity contribution in [3.63, 3.8) is 0 Å². The third-order valence-electron chi connectivity index (χ3n) is 2.78. The van der Waals surface area contributed by atoms with E-state index in [1.807, 2.05) is 0 Å². The van der Waals surface area contributed by atoms with Crippen LogP contribution in [0, 0.1) is 0 Å². The molecule has 1 N–H and O–H groups in total. The van der Waals surface area contributed by atoms with Gasteiger partial charge in [-0.15, -0.1) is 0 Å². The molecule has 112 valence electrons. The molecule has 0 unspecified atom stereocenters. The van der Waals surface area contributed by atoms with Gasteiger partial charge in [0.1, 0.15) is 0 Å². The second kappa shape index (κ2) is 6.34. The molecule has 0 heterocycles. The fourth-order valence-corrected chi connectivity index (χ4v) is 2.41. The first-order valence-corrected chi connectivity index (χ1v) is 6.95. The lowest BCUT2D eigenvalue weighted by Gasteiger charge is -2.12. The van der Waals surface area contributed by atoms with Crippen molar-refractivity contribution in [2.75, 3.05) is 5.32 Å². The molecule has 0 saturated heterocycles. The van der Waals surface area contributed by atoms with Gasteiger partial charge in [0.2, 0.25) is 0 Å². The predicted molar refractivity (Wildman–Crippen MR) is 80.2 cm³/mol. The summed E-state index contributed by atoms with van der Waals surface area (Å²) in [4.78, 5) is 0. The van der Waals surface area contributed by atoms with Gasteiger partial charge in [0.15, 0.2) is 0 Å². The highest BCUT2D eigenvalue weighted by Gasteiger charge is 2.30. The highest BCUT2D eigenvalue weighted by molar-refractivity contribution is 6.35. The summed E-state index contributed by atoms with van der Waals surface area (Å²) in [6, 6.07) is 8.14. The molecule has 0 aromatic heterocycles. The molecule has 0 aliphatic heterocycles. The molecule has 7 heteroatoms. The van der Waals surface area contributed by atoms with Gasteiger partial charge < -0.3 is 5.32 Å². The van der Waals surface area contributed by atoms with Crippen LogP contribution in [0.4, 0.5) is 18.9 Å². The van der Waals surface area contributed by atoms with E-state index in [2.05, 4.69) is 5.32 Å². The highest BCUT2D eigenvalue weighted by atomic mass is 35.5. The predicted octanol–water partition coefficient (Wildman–Crippen LogP) is 6.28. The molecule has 0 saturated carbocycles. The van der Waals surface area contributed by atoms with Crippen LogP contribution in [0.3, 0.4) is 0 Å². The van der Waals surface area contributed by atoms with Gasteiger partial charge in [0.05, 0.1) is 16.3 Å². The number of benzene rings is 2. The van der Waals surface area contributed by atoms with Crippen LogP contribution in [-0.2, 0) is 12.7 Å². The Morgan fingerprint density at radius 2 is 1.62 bits per heavy atom. The van der Waals surface area contributed by atoms with E-state index in [0.717, 1.165) is 17.7 Å². The lowest BCUT2D eigenvalue weighted by Crippen LogP contribution is -2.06. The number of halogens is 6. The first-order chi connectivity index (χ1) is 9.77. The molecule has 0 radical (unpaired) electrons. The number of alkyl halides is 3. The molecule has 21 heavy (non-hydrogen) atoms. The largest absolute Gasteiger partial charge is 0.416 e. The Morgan fingerprint density at radius 1 is 0.905 bits per heavy atom. The van der Waals surface area contributed by atoms with Crippen LogP contribution >= 0.6 is 34.8 Å². The lowest BCUT2D eigenvalue weighted by molar-refractivity contribution is -0.137. The van der Waals surface area contributed by atoms with Gasteiger partial charge in [-0.05, 0) is 35.9 Å². The Kier molecular flexibility index (Phi) is 4.91. The van der Waals surface area contributed by atoms with Crippen molar-refractivity contribution < 1.29 is 13.2 Å². The molecule has 0 amide bonds. The summed E-state index contributed by atoms with van der Waals surface area (Å²) in [6.45, 7) is 0.321. The van der Waals surface area contributed by atoms with Crippen LogP contribution in [-0.4, -0.2) is 0 Å². The molecule has 0 bridgehead atoms. The number of anilines is 1. The maximum Gasteiger partial charge on any atom is 0.416 e. The van der Waals surface area contributed by atoms with Gasteiger partial charge in [-0.2, -0.15) is 13.2 Å². The van der Waals surface area contributed by atoms with E-state index in [9.17, 15) is 13.2 Å². The zero-order valence-electron chi connectivity index (χ0n) is 10.4. The summed E-state index contributed by atoms with van der Waals surface area (Å²) in [5.74, 6) is 0. The number of hydrogen-bond acceptors (Lipinski definition) is 1. The second-order valence-electron chi connectivity index (χ2n) is 4.28. The third kappa shape index (κ3) is 4.19. The zero-order chi connectivity index (χ0) is 15.6. The first kappa shape index (κ1) is 16.3. The van der Waals surface area contributed by atoms with Crippen molar-refractivity contribution in [3.8, 4) is 0 Å². The average molecular weight is 355 g/mol. The monoisotopic (exact) mass is 353 g/mol. The zero-order valence-corrected chi connectivity index (χ0v) is 12.7. The smallest absolute Gasteiger partial charge is 0.380 e. The molecular formula is C14H9Cl3F3N. The second-order valence-corrected chi connectivity index (χ2v) is 5.53. The number of hydrogen-bond donors (Lipinski definition) is 1. The van der Waals surface area contributed by atoms with Crippen molar-refractivity contribution in [2.24, 2.45) is 0 Å². The normalized spacial score (nSPS) is 11.5. The lowest BCUT2D eigenvalue weighted by atomic mass is 10.2. The van der Waals surface area contributed by atoms with Crippen LogP contribution in [0.25, 0.3) is 0 Å². The molecule has 2 rings (SSSR count). The van der Waals surface area contributed by atoms with E-state index in [4.69, 9.17) is 34.8 Å². The van der Waals surface area contributed by atoms with E-state index in [-0.39, 0.29) is 5.02 Å². The minimum atomic E-state index is -4.42. The molecule has 0 aliphatic carbocycles. The molecule has 0 spiro atoms. The summed E-state index contributed by atoms with van der Waals surface area (Å²) in [5.41, 5.74) is 0.371. The van der Waals surface area contributed by atoms with Gasteiger partial charge in [-0.25, -0.2) is 0 Å². The molecular weight excluding hydrogens is 346 g/mol. The molecule has 2 aromatic rings. The van der Waals surface area contributed by atoms with Crippen molar-refractivity contribution in [2.45, 2.75) is 12.7 Å². The van der Waals surface area contributed by atoms with E-state index in [1.54, 1.807) is 18.2 Å². The highest BCUT2D eigenvalue weighted by Crippen LogP contribution is 2.34. The minimum absolute atomic E-state index is 0.00471. The molecule has 0 atom stereocenters. The van der Waals surface area contributed by atoms with Crippen molar-refractivity contribution in [3.05, 3.63) is 62.6 Å². The van der Waals surface area contributed by atoms with Crippen molar-refractivity contribution in [1.82, 2.24) is 0 Å². The van der Waals surface area contributed by atoms with Crippen LogP contribution in [0.1, 0.15) is 11.1 Å². The fraction of sp³-hybridized carbons (Fsp3) is 0.143. The summed E-state index contributed by atoms with van der Waals surface area (Å²) >= 11 is 17.7. The van der Waals surface area contributed by atoms with E-state index < -0.39 is 11.7 Å². The first-order valence-electron chi connectivity index (χ1n) is 5.82. The maximum atomic E-state index is 12.5. The van der Waals surface area contributed by atoms with Gasteiger partial charge >= 0.3 is 6.18 Å². The molecule has 1 nitrogen and oxygen atoms in total. The Labute approximate surface area is 134 Å². The van der Waals surface area contributed by atoms with E-state index in [1.165, 1.54) is 6.07 Å². The van der Waals surface area contributed by atoms with Crippen molar-refractivity contribution in [1.29, 1.82) is 0 Å². The number of rotatable bonds is 3. The van der Waals surface area contributed by atoms with Gasteiger partial charge in [0, 0.05) is 16.6 Å². The van der Waals surface area contributed by atoms with Crippen LogP contribution in [0.15, 0.2) is 36.4 Å². The molecule has 0 aliphatic rings. The summed E-state index contributed by atoms with van der Waals surface area (Å²) in [5, 5.41) is 3.92. The van der Waals surface area contributed by atoms with Gasteiger partial charge in [-0.3, -0.25) is 0 Å². The van der Waals surface area contributed by atoms with Gasteiger partial charge in [0.25, 0.3) is 0 Å². The molecule has 0 fully saturated rings. The Morgan fingerprint density at radius 3 is 2.19 bits per heavy atom. The fourth-order valence-electron chi connectivity index (χ4n) is 1.69. The quantitative estimate of drug-likeness (QED) is 0.684. The Hall–Kier alpha value is -1.10. The third-order valence-corrected chi connectivity index (χ3v) is 3.68. The Bertz CT molecular complexity index is 656.